The van der Waals surface area contributed by atoms with E-state index in [0.717, 1.165) is 12.1 Å². The third-order valence-corrected chi connectivity index (χ3v) is 5.46. The molecule has 2 unspecified atom stereocenters. The number of aliphatic hydroxyl groups excluding tert-OH is 8. The zero-order chi connectivity index (χ0) is 30.4. The van der Waals surface area contributed by atoms with E-state index in [1.807, 2.05) is 0 Å². The minimum atomic E-state index is -2.03. The SMILES string of the molecule is [N-]=[N+]=Nc1ccc(NC(COC([C@H](O)CO)[C@H](O)[C@H](O)C=O)CO[C@@H]([C@H](O)[C@H](O)C=O)[C@H](O)CO)c([N+](=O)[O-])c1. The van der Waals surface area contributed by atoms with E-state index in [1.54, 1.807) is 0 Å². The molecule has 9 atom stereocenters. The standard InChI is InChI=1S/C21H31N5O14/c22-25-24-10-1-2-12(13(3-10)26(37)38)23-11(8-39-20(16(33)6-29)18(35)14(31)4-27)9-40-21(17(34)7-30)19(36)15(32)5-28/h1-5,11,14-21,23,29-36H,6-9H2/t11?,14-,15-,16-,17-,18-,19-,20-,21?/m1/s1. The Kier molecular flexibility index (Phi) is 15.1. The Morgan fingerprint density at radius 2 is 1.43 bits per heavy atom. The first-order valence-electron chi connectivity index (χ1n) is 11.5. The highest BCUT2D eigenvalue weighted by atomic mass is 16.6. The van der Waals surface area contributed by atoms with Crippen molar-refractivity contribution in [1.29, 1.82) is 0 Å². The van der Waals surface area contributed by atoms with Gasteiger partial charge in [0, 0.05) is 16.7 Å². The van der Waals surface area contributed by atoms with Gasteiger partial charge in [0.15, 0.2) is 12.6 Å². The first-order chi connectivity index (χ1) is 18.9. The van der Waals surface area contributed by atoms with Crippen molar-refractivity contribution < 1.29 is 64.8 Å². The predicted molar refractivity (Wildman–Crippen MR) is 131 cm³/mol. The van der Waals surface area contributed by atoms with Crippen LogP contribution in [-0.2, 0) is 19.1 Å². The molecule has 0 radical (unpaired) electrons. The maximum absolute atomic E-state index is 11.6. The van der Waals surface area contributed by atoms with E-state index in [1.165, 1.54) is 6.07 Å². The second-order valence-corrected chi connectivity index (χ2v) is 8.32. The number of carbonyl (C=O) groups excluding carboxylic acids is 2. The van der Waals surface area contributed by atoms with E-state index in [4.69, 9.17) is 15.0 Å². The Morgan fingerprint density at radius 3 is 1.80 bits per heavy atom. The van der Waals surface area contributed by atoms with E-state index in [-0.39, 0.29) is 23.9 Å². The Balaban J connectivity index is 3.37. The molecule has 0 spiro atoms. The molecule has 224 valence electrons. The number of nitrogens with zero attached hydrogens (tertiary/aromatic N) is 4. The highest BCUT2D eigenvalue weighted by Crippen LogP contribution is 2.30. The summed E-state index contributed by atoms with van der Waals surface area (Å²) >= 11 is 0. The van der Waals surface area contributed by atoms with Crippen LogP contribution in [0.3, 0.4) is 0 Å². The van der Waals surface area contributed by atoms with Gasteiger partial charge in [-0.3, -0.25) is 10.1 Å². The molecule has 0 aliphatic carbocycles. The van der Waals surface area contributed by atoms with Gasteiger partial charge in [-0.25, -0.2) is 0 Å². The number of hydrogen-bond donors (Lipinski definition) is 9. The van der Waals surface area contributed by atoms with E-state index in [2.05, 4.69) is 15.3 Å². The summed E-state index contributed by atoms with van der Waals surface area (Å²) in [5.74, 6) is 0. The first kappa shape index (κ1) is 34.7. The van der Waals surface area contributed by atoms with Crippen LogP contribution in [0.25, 0.3) is 10.4 Å². The average Bonchev–Trinajstić information content (AvgIpc) is 2.95. The molecule has 0 aliphatic heterocycles. The smallest absolute Gasteiger partial charge is 0.292 e. The minimum absolute atomic E-state index is 0.0563. The molecule has 1 aromatic carbocycles. The Bertz CT molecular complexity index is 974. The Morgan fingerprint density at radius 1 is 0.950 bits per heavy atom. The van der Waals surface area contributed by atoms with Crippen LogP contribution in [0.2, 0.25) is 0 Å². The monoisotopic (exact) mass is 577 g/mol. The number of benzene rings is 1. The van der Waals surface area contributed by atoms with E-state index in [9.17, 15) is 60.6 Å². The van der Waals surface area contributed by atoms with Crippen molar-refractivity contribution in [3.8, 4) is 0 Å². The first-order valence-corrected chi connectivity index (χ1v) is 11.5. The molecule has 0 aliphatic rings. The lowest BCUT2D eigenvalue weighted by Gasteiger charge is -2.32. The zero-order valence-corrected chi connectivity index (χ0v) is 20.7. The van der Waals surface area contributed by atoms with Crippen molar-refractivity contribution in [2.75, 3.05) is 31.7 Å². The van der Waals surface area contributed by atoms with Crippen LogP contribution in [0.4, 0.5) is 17.1 Å². The highest BCUT2D eigenvalue weighted by Gasteiger charge is 2.35. The minimum Gasteiger partial charge on any atom is -0.394 e. The lowest BCUT2D eigenvalue weighted by Crippen LogP contribution is -2.51. The summed E-state index contributed by atoms with van der Waals surface area (Å²) in [6.45, 7) is -3.27. The maximum Gasteiger partial charge on any atom is 0.292 e. The lowest BCUT2D eigenvalue weighted by atomic mass is 10.0. The largest absolute Gasteiger partial charge is 0.394 e. The molecule has 40 heavy (non-hydrogen) atoms. The average molecular weight is 578 g/mol. The summed E-state index contributed by atoms with van der Waals surface area (Å²) < 4.78 is 10.8. The predicted octanol–water partition coefficient (Wildman–Crippen LogP) is -3.36. The van der Waals surface area contributed by atoms with Crippen molar-refractivity contribution in [2.24, 2.45) is 5.11 Å². The molecule has 0 amide bonds. The van der Waals surface area contributed by atoms with Crippen LogP contribution in [0.1, 0.15) is 0 Å². The number of nitro groups is 1. The van der Waals surface area contributed by atoms with E-state index < -0.39 is 91.9 Å². The molecule has 0 fully saturated rings. The van der Waals surface area contributed by atoms with Crippen molar-refractivity contribution in [3.63, 3.8) is 0 Å². The fourth-order valence-corrected chi connectivity index (χ4v) is 3.34. The summed E-state index contributed by atoms with van der Waals surface area (Å²) in [7, 11) is 0. The molecule has 0 saturated heterocycles. The number of aliphatic hydroxyl groups is 8. The molecule has 0 saturated carbocycles. The van der Waals surface area contributed by atoms with Gasteiger partial charge >= 0.3 is 0 Å². The summed E-state index contributed by atoms with van der Waals surface area (Å²) in [6, 6.07) is 2.02. The van der Waals surface area contributed by atoms with Gasteiger partial charge < -0.3 is 65.2 Å². The summed E-state index contributed by atoms with van der Waals surface area (Å²) in [5, 5.41) is 95.7. The number of aldehydes is 2. The number of hydrogen-bond acceptors (Lipinski definition) is 16. The molecule has 9 N–H and O–H groups in total. The number of ether oxygens (including phenoxy) is 2. The Hall–Kier alpha value is -3.33. The van der Waals surface area contributed by atoms with Crippen LogP contribution in [-0.4, -0.2) is 140 Å². The number of azide groups is 1. The maximum atomic E-state index is 11.6. The van der Waals surface area contributed by atoms with Crippen LogP contribution < -0.4 is 5.32 Å². The van der Waals surface area contributed by atoms with Crippen molar-refractivity contribution >= 4 is 29.6 Å². The third-order valence-electron chi connectivity index (χ3n) is 5.46. The van der Waals surface area contributed by atoms with E-state index >= 15 is 0 Å². The topological polar surface area (TPSA) is 318 Å². The van der Waals surface area contributed by atoms with Gasteiger partial charge in [-0.05, 0) is 11.6 Å². The molecule has 19 nitrogen and oxygen atoms in total. The second-order valence-electron chi connectivity index (χ2n) is 8.32. The van der Waals surface area contributed by atoms with Crippen LogP contribution in [0.5, 0.6) is 0 Å². The fourth-order valence-electron chi connectivity index (χ4n) is 3.34. The molecule has 1 rings (SSSR count). The number of rotatable bonds is 20. The number of carbonyl (C=O) groups is 2. The van der Waals surface area contributed by atoms with Crippen molar-refractivity contribution in [3.05, 3.63) is 38.8 Å². The highest BCUT2D eigenvalue weighted by molar-refractivity contribution is 5.67. The van der Waals surface area contributed by atoms with Gasteiger partial charge in [-0.1, -0.05) is 11.2 Å². The molecule has 1 aromatic rings. The molecular formula is C21H31N5O14. The summed E-state index contributed by atoms with van der Waals surface area (Å²) in [4.78, 5) is 35.1. The molecule has 0 aromatic heterocycles. The second kappa shape index (κ2) is 17.4. The molecule has 0 heterocycles. The van der Waals surface area contributed by atoms with Gasteiger partial charge in [0.2, 0.25) is 0 Å². The molecule has 0 bridgehead atoms. The number of anilines is 1. The number of nitro benzene ring substituents is 1. The zero-order valence-electron chi connectivity index (χ0n) is 20.7. The van der Waals surface area contributed by atoms with Gasteiger partial charge in [-0.15, -0.1) is 0 Å². The number of nitrogens with one attached hydrogen (secondary N) is 1. The quantitative estimate of drug-likeness (QED) is 0.0182. The summed E-state index contributed by atoms with van der Waals surface area (Å²) in [5.41, 5.74) is 7.67. The third kappa shape index (κ3) is 10.0. The van der Waals surface area contributed by atoms with Crippen LogP contribution in [0, 0.1) is 10.1 Å². The van der Waals surface area contributed by atoms with E-state index in [0.29, 0.717) is 0 Å². The van der Waals surface area contributed by atoms with Gasteiger partial charge in [0.25, 0.3) is 5.69 Å². The lowest BCUT2D eigenvalue weighted by molar-refractivity contribution is -0.383. The van der Waals surface area contributed by atoms with Gasteiger partial charge in [-0.2, -0.15) is 0 Å². The van der Waals surface area contributed by atoms with Crippen LogP contribution >= 0.6 is 0 Å². The normalized spacial score (nSPS) is 18.1. The van der Waals surface area contributed by atoms with Crippen LogP contribution in [0.15, 0.2) is 23.3 Å². The molecular weight excluding hydrogens is 546 g/mol. The summed E-state index contributed by atoms with van der Waals surface area (Å²) in [6.07, 6.45) is -15.5. The van der Waals surface area contributed by atoms with Crippen molar-refractivity contribution in [1.82, 2.24) is 0 Å². The van der Waals surface area contributed by atoms with Gasteiger partial charge in [0.1, 0.15) is 54.5 Å². The molecule has 19 heteroatoms. The van der Waals surface area contributed by atoms with Crippen molar-refractivity contribution in [2.45, 2.75) is 54.9 Å². The Labute approximate surface area is 225 Å². The fraction of sp³-hybridized carbons (Fsp3) is 0.619. The van der Waals surface area contributed by atoms with Gasteiger partial charge in [0.05, 0.1) is 37.4 Å².